The highest BCUT2D eigenvalue weighted by molar-refractivity contribution is 9.11. The molecule has 2 aliphatic heterocycles. The van der Waals surface area contributed by atoms with E-state index in [4.69, 9.17) is 0 Å². The van der Waals surface area contributed by atoms with Crippen molar-refractivity contribution in [2.75, 3.05) is 26.2 Å². The molecule has 2 heterocycles. The molecule has 0 bridgehead atoms. The minimum Gasteiger partial charge on any atom is -0.506 e. The normalized spacial score (nSPS) is 21.1. The van der Waals surface area contributed by atoms with Gasteiger partial charge in [0.15, 0.2) is 0 Å². The number of aromatic hydroxyl groups is 1. The molecular weight excluding hydrogens is 484 g/mol. The van der Waals surface area contributed by atoms with Crippen molar-refractivity contribution in [3.8, 4) is 5.75 Å². The molecule has 0 radical (unpaired) electrons. The minimum atomic E-state index is -0.0554. The van der Waals surface area contributed by atoms with Crippen molar-refractivity contribution in [3.05, 3.63) is 26.6 Å². The molecule has 0 aromatic heterocycles. The number of likely N-dealkylation sites (tertiary alicyclic amines) is 2. The third kappa shape index (κ3) is 5.31. The van der Waals surface area contributed by atoms with Crippen LogP contribution in [0.4, 0.5) is 0 Å². The molecule has 1 amide bonds. The predicted molar refractivity (Wildman–Crippen MR) is 121 cm³/mol. The summed E-state index contributed by atoms with van der Waals surface area (Å²) in [5.41, 5.74) is 1.05. The number of halogens is 2. The van der Waals surface area contributed by atoms with Gasteiger partial charge in [-0.25, -0.2) is 0 Å². The maximum Gasteiger partial charge on any atom is 0.225 e. The van der Waals surface area contributed by atoms with Crippen molar-refractivity contribution in [1.29, 1.82) is 0 Å². The van der Waals surface area contributed by atoms with Gasteiger partial charge in [0.1, 0.15) is 5.75 Å². The number of hydrogen-bond donors (Lipinski definition) is 1. The number of benzene rings is 1. The topological polar surface area (TPSA) is 43.8 Å². The number of amides is 1. The number of carbonyl (C=O) groups is 1. The first-order chi connectivity index (χ1) is 13.4. The average molecular weight is 516 g/mol. The van der Waals surface area contributed by atoms with Crippen molar-refractivity contribution in [2.45, 2.75) is 58.4 Å². The summed E-state index contributed by atoms with van der Waals surface area (Å²) in [7, 11) is 0. The molecule has 0 saturated carbocycles. The van der Waals surface area contributed by atoms with Crippen LogP contribution in [0.15, 0.2) is 21.1 Å². The van der Waals surface area contributed by atoms with Crippen molar-refractivity contribution in [2.24, 2.45) is 11.8 Å². The van der Waals surface area contributed by atoms with Crippen LogP contribution in [0.2, 0.25) is 0 Å². The van der Waals surface area contributed by atoms with Gasteiger partial charge in [-0.15, -0.1) is 0 Å². The number of nitrogens with zero attached hydrogens (tertiary/aromatic N) is 2. The summed E-state index contributed by atoms with van der Waals surface area (Å²) in [5.74, 6) is 1.31. The van der Waals surface area contributed by atoms with Crippen LogP contribution in [0.25, 0.3) is 0 Å². The van der Waals surface area contributed by atoms with E-state index in [1.54, 1.807) is 0 Å². The highest BCUT2D eigenvalue weighted by Crippen LogP contribution is 2.34. The fourth-order valence-corrected chi connectivity index (χ4v) is 5.95. The van der Waals surface area contributed by atoms with E-state index in [2.05, 4.69) is 48.6 Å². The summed E-state index contributed by atoms with van der Waals surface area (Å²) in [6, 6.07) is 4.45. The standard InChI is InChI=1S/C22H32Br2N2O2/c1-3-16-4-8-25(9-5-16)18-6-10-26(11-7-18)22(28)15(2)12-17-13-19(23)21(27)20(24)14-17/h13-16,18,27H,3-12H2,1-2H3/t15-/m1/s1. The maximum absolute atomic E-state index is 12.9. The van der Waals surface area contributed by atoms with E-state index in [0.29, 0.717) is 21.4 Å². The first-order valence-electron chi connectivity index (χ1n) is 10.6. The van der Waals surface area contributed by atoms with Crippen molar-refractivity contribution in [1.82, 2.24) is 9.80 Å². The molecule has 0 spiro atoms. The van der Waals surface area contributed by atoms with E-state index in [9.17, 15) is 9.90 Å². The lowest BCUT2D eigenvalue weighted by atomic mass is 9.91. The molecule has 2 fully saturated rings. The van der Waals surface area contributed by atoms with E-state index in [1.165, 1.54) is 32.4 Å². The third-order valence-electron chi connectivity index (χ3n) is 6.56. The first-order valence-corrected chi connectivity index (χ1v) is 12.2. The summed E-state index contributed by atoms with van der Waals surface area (Å²) in [4.78, 5) is 17.7. The van der Waals surface area contributed by atoms with Crippen LogP contribution < -0.4 is 0 Å². The van der Waals surface area contributed by atoms with Crippen molar-refractivity contribution < 1.29 is 9.90 Å². The van der Waals surface area contributed by atoms with Crippen LogP contribution in [-0.4, -0.2) is 53.0 Å². The lowest BCUT2D eigenvalue weighted by Gasteiger charge is -2.42. The summed E-state index contributed by atoms with van der Waals surface area (Å²) in [5, 5.41) is 9.87. The first kappa shape index (κ1) is 22.1. The predicted octanol–water partition coefficient (Wildman–Crippen LogP) is 5.21. The highest BCUT2D eigenvalue weighted by Gasteiger charge is 2.30. The van der Waals surface area contributed by atoms with Gasteiger partial charge in [-0.05, 0) is 101 Å². The molecular formula is C22H32Br2N2O2. The molecule has 1 aromatic carbocycles. The Morgan fingerprint density at radius 3 is 2.21 bits per heavy atom. The number of hydrogen-bond acceptors (Lipinski definition) is 3. The quantitative estimate of drug-likeness (QED) is 0.585. The number of piperidine rings is 2. The van der Waals surface area contributed by atoms with Crippen molar-refractivity contribution in [3.63, 3.8) is 0 Å². The van der Waals surface area contributed by atoms with Gasteiger partial charge in [0, 0.05) is 25.0 Å². The molecule has 0 aliphatic carbocycles. The van der Waals surface area contributed by atoms with Crippen LogP contribution in [-0.2, 0) is 11.2 Å². The summed E-state index contributed by atoms with van der Waals surface area (Å²) < 4.78 is 1.31. The summed E-state index contributed by atoms with van der Waals surface area (Å²) in [6.07, 6.45) is 6.87. The monoisotopic (exact) mass is 514 g/mol. The molecule has 3 rings (SSSR count). The molecule has 28 heavy (non-hydrogen) atoms. The number of phenolic OH excluding ortho intramolecular Hbond substituents is 1. The number of rotatable bonds is 5. The molecule has 6 heteroatoms. The average Bonchev–Trinajstić information content (AvgIpc) is 2.71. The van der Waals surface area contributed by atoms with E-state index < -0.39 is 0 Å². The SMILES string of the molecule is CCC1CCN(C2CCN(C(=O)[C@H](C)Cc3cc(Br)c(O)c(Br)c3)CC2)CC1. The van der Waals surface area contributed by atoms with E-state index in [1.807, 2.05) is 19.1 Å². The molecule has 0 unspecified atom stereocenters. The zero-order valence-electron chi connectivity index (χ0n) is 17.0. The van der Waals surface area contributed by atoms with Crippen LogP contribution in [0.1, 0.15) is 51.5 Å². The molecule has 156 valence electrons. The van der Waals surface area contributed by atoms with Crippen LogP contribution in [0, 0.1) is 11.8 Å². The fraction of sp³-hybridized carbons (Fsp3) is 0.682. The Hall–Kier alpha value is -0.590. The second-order valence-corrected chi connectivity index (χ2v) is 10.2. The van der Waals surface area contributed by atoms with Crippen LogP contribution in [0.3, 0.4) is 0 Å². The van der Waals surface area contributed by atoms with Gasteiger partial charge in [-0.3, -0.25) is 4.79 Å². The summed E-state index contributed by atoms with van der Waals surface area (Å²) >= 11 is 6.75. The molecule has 2 saturated heterocycles. The number of phenols is 1. The lowest BCUT2D eigenvalue weighted by Crippen LogP contribution is -2.50. The van der Waals surface area contributed by atoms with E-state index in [-0.39, 0.29) is 17.6 Å². The fourth-order valence-electron chi connectivity index (χ4n) is 4.67. The molecule has 1 atom stereocenters. The van der Waals surface area contributed by atoms with Gasteiger partial charge in [0.2, 0.25) is 5.91 Å². The Bertz CT molecular complexity index is 658. The van der Waals surface area contributed by atoms with Gasteiger partial charge in [0.25, 0.3) is 0 Å². The Labute approximate surface area is 185 Å². The lowest BCUT2D eigenvalue weighted by molar-refractivity contribution is -0.136. The highest BCUT2D eigenvalue weighted by atomic mass is 79.9. The van der Waals surface area contributed by atoms with Crippen LogP contribution >= 0.6 is 31.9 Å². The van der Waals surface area contributed by atoms with Gasteiger partial charge in [-0.1, -0.05) is 20.3 Å². The Balaban J connectivity index is 1.49. The Morgan fingerprint density at radius 1 is 1.11 bits per heavy atom. The van der Waals surface area contributed by atoms with Gasteiger partial charge in [-0.2, -0.15) is 0 Å². The largest absolute Gasteiger partial charge is 0.506 e. The van der Waals surface area contributed by atoms with Gasteiger partial charge in [0.05, 0.1) is 8.95 Å². The number of carbonyl (C=O) groups excluding carboxylic acids is 1. The second kappa shape index (κ2) is 9.94. The molecule has 4 nitrogen and oxygen atoms in total. The smallest absolute Gasteiger partial charge is 0.225 e. The zero-order chi connectivity index (χ0) is 20.3. The zero-order valence-corrected chi connectivity index (χ0v) is 20.1. The second-order valence-electron chi connectivity index (χ2n) is 8.46. The van der Waals surface area contributed by atoms with E-state index >= 15 is 0 Å². The Morgan fingerprint density at radius 2 is 1.68 bits per heavy atom. The van der Waals surface area contributed by atoms with E-state index in [0.717, 1.165) is 37.4 Å². The van der Waals surface area contributed by atoms with Crippen LogP contribution in [0.5, 0.6) is 5.75 Å². The third-order valence-corrected chi connectivity index (χ3v) is 7.77. The molecule has 1 aromatic rings. The minimum absolute atomic E-state index is 0.0554. The van der Waals surface area contributed by atoms with Gasteiger partial charge >= 0.3 is 0 Å². The summed E-state index contributed by atoms with van der Waals surface area (Å²) in [6.45, 7) is 8.55. The Kier molecular flexibility index (Phi) is 7.85. The molecule has 1 N–H and O–H groups in total. The molecule has 2 aliphatic rings. The maximum atomic E-state index is 12.9. The van der Waals surface area contributed by atoms with Crippen molar-refractivity contribution >= 4 is 37.8 Å². The van der Waals surface area contributed by atoms with Gasteiger partial charge < -0.3 is 14.9 Å².